The monoisotopic (exact) mass is 1080 g/mol. The zero-order valence-corrected chi connectivity index (χ0v) is 43.6. The van der Waals surface area contributed by atoms with Crippen molar-refractivity contribution in [2.24, 2.45) is 33.8 Å². The number of carbonyl (C=O) groups is 9. The Morgan fingerprint density at radius 1 is 0.592 bits per heavy atom. The van der Waals surface area contributed by atoms with Crippen LogP contribution in [0.25, 0.3) is 0 Å². The molecule has 8 atom stereocenters. The van der Waals surface area contributed by atoms with Gasteiger partial charge in [0.05, 0.1) is 6.33 Å². The van der Waals surface area contributed by atoms with Gasteiger partial charge in [-0.15, -0.1) is 0 Å². The molecule has 2 aromatic carbocycles. The second kappa shape index (κ2) is 31.2. The molecule has 0 aliphatic carbocycles. The largest absolute Gasteiger partial charge is 0.508 e. The summed E-state index contributed by atoms with van der Waals surface area (Å²) < 4.78 is 0. The Kier molecular flexibility index (Phi) is 25.0. The number of aromatic hydroxyl groups is 1. The molecule has 1 saturated heterocycles. The minimum absolute atomic E-state index is 0.0180. The molecule has 18 N–H and O–H groups in total. The molecular weight excluding hydrogens is 1000 g/mol. The van der Waals surface area contributed by atoms with Crippen LogP contribution in [0.15, 0.2) is 72.1 Å². The summed E-state index contributed by atoms with van der Waals surface area (Å²) in [5, 5.41) is 31.5. The van der Waals surface area contributed by atoms with Crippen molar-refractivity contribution in [2.75, 3.05) is 18.8 Å². The van der Waals surface area contributed by atoms with Crippen molar-refractivity contribution in [3.8, 4) is 5.75 Å². The number of rotatable bonds is 20. The molecule has 0 saturated carbocycles. The van der Waals surface area contributed by atoms with Gasteiger partial charge in [0.1, 0.15) is 54.1 Å². The van der Waals surface area contributed by atoms with Gasteiger partial charge in [-0.2, -0.15) is 12.6 Å². The average molecular weight is 1080 g/mol. The van der Waals surface area contributed by atoms with Crippen molar-refractivity contribution in [3.05, 3.63) is 83.9 Å². The summed E-state index contributed by atoms with van der Waals surface area (Å²) in [5.41, 5.74) is 23.8. The topological polar surface area (TPSA) is 415 Å². The van der Waals surface area contributed by atoms with Gasteiger partial charge in [0.15, 0.2) is 5.96 Å². The molecule has 0 spiro atoms. The van der Waals surface area contributed by atoms with E-state index in [1.165, 1.54) is 36.8 Å². The lowest BCUT2D eigenvalue weighted by molar-refractivity contribution is -0.136. The van der Waals surface area contributed by atoms with Crippen LogP contribution in [0.5, 0.6) is 5.75 Å². The van der Waals surface area contributed by atoms with Crippen molar-refractivity contribution in [3.63, 3.8) is 0 Å². The van der Waals surface area contributed by atoms with Crippen LogP contribution in [-0.4, -0.2) is 141 Å². The van der Waals surface area contributed by atoms with Crippen molar-refractivity contribution in [1.82, 2.24) is 52.5 Å². The van der Waals surface area contributed by atoms with Gasteiger partial charge < -0.3 is 75.6 Å². The highest BCUT2D eigenvalue weighted by Gasteiger charge is 2.36. The summed E-state index contributed by atoms with van der Waals surface area (Å²) in [7, 11) is 0. The number of unbranched alkanes of at least 4 members (excludes halogenated alkanes) is 1. The Morgan fingerprint density at radius 3 is 1.53 bits per heavy atom. The van der Waals surface area contributed by atoms with Crippen LogP contribution in [0, 0.1) is 5.92 Å². The first kappa shape index (κ1) is 60.8. The van der Waals surface area contributed by atoms with E-state index in [1.54, 1.807) is 44.2 Å². The van der Waals surface area contributed by atoms with Gasteiger partial charge in [0.25, 0.3) is 0 Å². The van der Waals surface area contributed by atoms with Crippen LogP contribution in [-0.2, 0) is 62.4 Å². The molecule has 0 unspecified atom stereocenters. The zero-order valence-electron chi connectivity index (χ0n) is 42.7. The molecule has 1 aliphatic rings. The van der Waals surface area contributed by atoms with E-state index in [9.17, 15) is 48.3 Å². The SMILES string of the molecule is CC(C)C[C@@H]1NC(=O)[C@H](Cc2ccc(O)cc2)NC(=O)[C@H](CS)NC(=O)[C@H](CCCCN)NC(=O)[C@H](CCCN=C(N)N)NC(=O)[C@H](CCC(N)=O)NC(=O)[C@H](Cc2ccccc2)NC(=O)[C@H](Cc2cnc[nH]2)NC1=O. The van der Waals surface area contributed by atoms with Crippen LogP contribution in [0.2, 0.25) is 0 Å². The number of aromatic nitrogens is 2. The third-order valence-electron chi connectivity index (χ3n) is 12.2. The lowest BCUT2D eigenvalue weighted by Crippen LogP contribution is -2.62. The fourth-order valence-corrected chi connectivity index (χ4v) is 8.38. The molecule has 26 heteroatoms. The van der Waals surface area contributed by atoms with Gasteiger partial charge in [-0.1, -0.05) is 56.3 Å². The average Bonchev–Trinajstić information content (AvgIpc) is 3.90. The Balaban J connectivity index is 1.87. The normalized spacial score (nSPS) is 22.8. The number of thiol groups is 1. The summed E-state index contributed by atoms with van der Waals surface area (Å²) in [4.78, 5) is 138. The number of carbonyl (C=O) groups excluding carboxylic acids is 9. The minimum Gasteiger partial charge on any atom is -0.508 e. The summed E-state index contributed by atoms with van der Waals surface area (Å²) in [6.45, 7) is 3.88. The number of aromatic amines is 1. The number of nitrogens with zero attached hydrogens (tertiary/aromatic N) is 2. The lowest BCUT2D eigenvalue weighted by atomic mass is 9.99. The maximum absolute atomic E-state index is 14.6. The van der Waals surface area contributed by atoms with Gasteiger partial charge in [-0.05, 0) is 80.7 Å². The third kappa shape index (κ3) is 20.9. The summed E-state index contributed by atoms with van der Waals surface area (Å²) in [5.74, 6) is -8.44. The molecule has 1 aromatic heterocycles. The van der Waals surface area contributed by atoms with E-state index in [0.29, 0.717) is 29.7 Å². The first-order valence-corrected chi connectivity index (χ1v) is 25.8. The van der Waals surface area contributed by atoms with Gasteiger partial charge in [0.2, 0.25) is 53.2 Å². The quantitative estimate of drug-likeness (QED) is 0.0240. The van der Waals surface area contributed by atoms with Crippen LogP contribution in [0.4, 0.5) is 0 Å². The standard InChI is InChI=1S/C50H73N15O10S/c1-28(2)21-36-45(71)64-39(24-31-25-55-27-57-31)48(74)62-37(22-29-9-4-3-5-10-29)46(72)60-35(17-18-41(52)67)44(70)59-34(12-8-20-56-50(53)54)42(68)58-33(11-6-7-19-51)43(69)65-40(26-76)49(75)63-38(47(73)61-36)23-30-13-15-32(66)16-14-30/h3-5,9-10,13-16,25,27-28,33-40,66,76H,6-8,11-12,17-24,26,51H2,1-2H3,(H2,52,67)(H,55,57)(H,58,68)(H,59,70)(H,60,72)(H,61,73)(H,62,74)(H,63,75)(H,64,71)(H,65,69)(H4,53,54,56)/t33-,34-,35-,36-,37-,38-,39-,40-/m0/s1. The highest BCUT2D eigenvalue weighted by atomic mass is 32.1. The number of aliphatic imine (C=N–C) groups is 1. The predicted octanol–water partition coefficient (Wildman–Crippen LogP) is -2.54. The van der Waals surface area contributed by atoms with E-state index in [-0.39, 0.29) is 87.8 Å². The predicted molar refractivity (Wildman–Crippen MR) is 284 cm³/mol. The first-order valence-electron chi connectivity index (χ1n) is 25.1. The number of hydrogen-bond acceptors (Lipinski definition) is 14. The number of nitrogens with two attached hydrogens (primary N) is 4. The van der Waals surface area contributed by atoms with Crippen LogP contribution in [0.1, 0.15) is 82.0 Å². The summed E-state index contributed by atoms with van der Waals surface area (Å²) in [6.07, 6.45) is 2.43. The van der Waals surface area contributed by atoms with Gasteiger partial charge >= 0.3 is 0 Å². The van der Waals surface area contributed by atoms with Crippen LogP contribution in [0.3, 0.4) is 0 Å². The van der Waals surface area contributed by atoms with Crippen LogP contribution < -0.4 is 65.5 Å². The Morgan fingerprint density at radius 2 is 1.04 bits per heavy atom. The molecule has 1 aliphatic heterocycles. The number of nitrogens with one attached hydrogen (secondary N) is 9. The first-order chi connectivity index (χ1) is 36.3. The number of guanidine groups is 1. The van der Waals surface area contributed by atoms with E-state index in [4.69, 9.17) is 22.9 Å². The fourth-order valence-electron chi connectivity index (χ4n) is 8.13. The molecule has 0 radical (unpaired) electrons. The maximum atomic E-state index is 14.6. The smallest absolute Gasteiger partial charge is 0.244 e. The van der Waals surface area contributed by atoms with Gasteiger partial charge in [-0.25, -0.2) is 4.98 Å². The van der Waals surface area contributed by atoms with E-state index in [1.807, 2.05) is 0 Å². The Labute approximate surface area is 446 Å². The van der Waals surface area contributed by atoms with E-state index < -0.39 is 108 Å². The van der Waals surface area contributed by atoms with Crippen molar-refractivity contribution < 1.29 is 48.3 Å². The second-order valence-corrected chi connectivity index (χ2v) is 19.2. The highest BCUT2D eigenvalue weighted by molar-refractivity contribution is 7.80. The number of imidazole rings is 1. The number of amides is 9. The van der Waals surface area contributed by atoms with Gasteiger partial charge in [-0.3, -0.25) is 48.1 Å². The molecule has 4 rings (SSSR count). The van der Waals surface area contributed by atoms with E-state index in [0.717, 1.165) is 0 Å². The third-order valence-corrected chi connectivity index (χ3v) is 12.5. The molecule has 1 fully saturated rings. The van der Waals surface area contributed by atoms with Gasteiger partial charge in [0, 0.05) is 49.9 Å². The molecule has 3 aromatic rings. The number of benzene rings is 2. The molecule has 25 nitrogen and oxygen atoms in total. The molecule has 0 bridgehead atoms. The number of hydrogen-bond donors (Lipinski definition) is 15. The maximum Gasteiger partial charge on any atom is 0.244 e. The number of H-pyrrole nitrogens is 1. The molecule has 414 valence electrons. The van der Waals surface area contributed by atoms with Crippen molar-refractivity contribution >= 4 is 71.8 Å². The second-order valence-electron chi connectivity index (χ2n) is 18.9. The zero-order chi connectivity index (χ0) is 55.7. The molecule has 9 amide bonds. The number of phenols is 1. The minimum atomic E-state index is -1.54. The Bertz CT molecular complexity index is 2440. The Hall–Kier alpha value is -7.74. The van der Waals surface area contributed by atoms with E-state index in [2.05, 4.69) is 70.1 Å². The van der Waals surface area contributed by atoms with Crippen molar-refractivity contribution in [1.29, 1.82) is 0 Å². The van der Waals surface area contributed by atoms with Crippen molar-refractivity contribution in [2.45, 2.75) is 133 Å². The highest BCUT2D eigenvalue weighted by Crippen LogP contribution is 2.15. The molecular formula is C50H73N15O10S. The molecule has 2 heterocycles. The number of phenolic OH excluding ortho intramolecular Hbond substituents is 1. The summed E-state index contributed by atoms with van der Waals surface area (Å²) >= 11 is 4.34. The van der Waals surface area contributed by atoms with E-state index >= 15 is 0 Å². The molecule has 76 heavy (non-hydrogen) atoms. The lowest BCUT2D eigenvalue weighted by Gasteiger charge is -2.29. The summed E-state index contributed by atoms with van der Waals surface area (Å²) in [6, 6.07) is 3.18. The fraction of sp³-hybridized carbons (Fsp3) is 0.500. The van der Waals surface area contributed by atoms with Crippen LogP contribution >= 0.6 is 12.6 Å². The number of primary amides is 1.